The second kappa shape index (κ2) is 17.6. The highest BCUT2D eigenvalue weighted by Gasteiger charge is 2.33. The molecule has 2 aliphatic rings. The van der Waals surface area contributed by atoms with E-state index in [1.165, 1.54) is 0 Å². The number of nitrogens with one attached hydrogen (secondary N) is 2. The summed E-state index contributed by atoms with van der Waals surface area (Å²) in [5.74, 6) is -2.08. The summed E-state index contributed by atoms with van der Waals surface area (Å²) in [6.07, 6.45) is 3.24. The Morgan fingerprint density at radius 1 is 0.941 bits per heavy atom. The van der Waals surface area contributed by atoms with Gasteiger partial charge in [-0.15, -0.1) is 13.2 Å². The molecule has 0 bridgehead atoms. The van der Waals surface area contributed by atoms with Crippen LogP contribution in [0.5, 0.6) is 0 Å². The molecular weight excluding hydrogens is 646 g/mol. The fraction of sp³-hybridized carbons (Fsp3) is 0.366. The normalized spacial score (nSPS) is 16.4. The van der Waals surface area contributed by atoms with Crippen LogP contribution in [0.1, 0.15) is 60.8 Å². The second-order valence-corrected chi connectivity index (χ2v) is 13.1. The van der Waals surface area contributed by atoms with E-state index in [0.29, 0.717) is 19.4 Å². The number of benzene rings is 3. The topological polar surface area (TPSA) is 134 Å². The summed E-state index contributed by atoms with van der Waals surface area (Å²) in [6.45, 7) is 9.41. The van der Waals surface area contributed by atoms with Gasteiger partial charge in [0.05, 0.1) is 25.1 Å². The Morgan fingerprint density at radius 2 is 1.59 bits per heavy atom. The summed E-state index contributed by atoms with van der Waals surface area (Å²) in [7, 11) is 0. The first-order valence-electron chi connectivity index (χ1n) is 17.5. The molecule has 5 rings (SSSR count). The summed E-state index contributed by atoms with van der Waals surface area (Å²) in [6, 6.07) is 22.5. The highest BCUT2D eigenvalue weighted by molar-refractivity contribution is 5.86. The third kappa shape index (κ3) is 9.12. The zero-order valence-corrected chi connectivity index (χ0v) is 29.1. The zero-order chi connectivity index (χ0) is 36.3. The van der Waals surface area contributed by atoms with E-state index in [0.717, 1.165) is 33.4 Å². The Bertz CT molecular complexity index is 1690. The van der Waals surface area contributed by atoms with Gasteiger partial charge in [0.25, 0.3) is 0 Å². The minimum Gasteiger partial charge on any atom is -0.459 e. The van der Waals surface area contributed by atoms with E-state index in [1.807, 2.05) is 60.7 Å². The molecule has 0 fully saturated rings. The number of nitrogens with zero attached hydrogens (tertiary/aromatic N) is 1. The molecule has 3 aromatic carbocycles. The lowest BCUT2D eigenvalue weighted by atomic mass is 9.92. The number of aliphatic hydroxyl groups excluding tert-OH is 1. The van der Waals surface area contributed by atoms with Crippen LogP contribution in [0.4, 0.5) is 4.79 Å². The van der Waals surface area contributed by atoms with E-state index in [2.05, 4.69) is 35.9 Å². The molecule has 3 N–H and O–H groups in total. The van der Waals surface area contributed by atoms with Crippen LogP contribution in [0.25, 0.3) is 11.1 Å². The molecule has 0 spiro atoms. The van der Waals surface area contributed by atoms with Crippen LogP contribution in [0.15, 0.2) is 98.1 Å². The molecule has 3 amide bonds. The number of ether oxygens (including phenoxy) is 2. The van der Waals surface area contributed by atoms with Gasteiger partial charge >= 0.3 is 12.1 Å². The van der Waals surface area contributed by atoms with Crippen molar-refractivity contribution in [3.8, 4) is 11.1 Å². The molecule has 10 nitrogen and oxygen atoms in total. The third-order valence-corrected chi connectivity index (χ3v) is 9.59. The largest absolute Gasteiger partial charge is 0.459 e. The molecule has 0 unspecified atom stereocenters. The number of hydrogen-bond donors (Lipinski definition) is 3. The predicted octanol–water partition coefficient (Wildman–Crippen LogP) is 5.44. The van der Waals surface area contributed by atoms with Crippen LogP contribution in [-0.2, 0) is 36.8 Å². The summed E-state index contributed by atoms with van der Waals surface area (Å²) in [4.78, 5) is 54.5. The molecule has 51 heavy (non-hydrogen) atoms. The molecular formula is C41H47N3O7. The van der Waals surface area contributed by atoms with E-state index in [1.54, 1.807) is 24.0 Å². The van der Waals surface area contributed by atoms with Crippen molar-refractivity contribution < 1.29 is 33.8 Å². The Kier molecular flexibility index (Phi) is 12.8. The summed E-state index contributed by atoms with van der Waals surface area (Å²) in [5, 5.41) is 15.5. The average molecular weight is 694 g/mol. The molecule has 0 radical (unpaired) electrons. The number of fused-ring (bicyclic) bond motifs is 4. The standard InChI is InChI=1S/C41H47N3O7/c1-4-6-20-37(43-41(49)50-26-36-34-18-11-9-16-32(34)33-17-10-12-19-35(33)36)40(48)51-27(3)23-42-39(47)29(13-5-2)22-38(46)44-24-30-15-8-7-14-28(30)21-31(44)25-45/h4-5,7-12,14-19,27,29,31,36-37,45H,1-2,6,13,20-26H2,3H3,(H,42,47)(H,43,49)/t27-,29+,31-,37-/m0/s1. The molecule has 1 aliphatic heterocycles. The van der Waals surface area contributed by atoms with Gasteiger partial charge in [-0.1, -0.05) is 84.9 Å². The summed E-state index contributed by atoms with van der Waals surface area (Å²) >= 11 is 0. The zero-order valence-electron chi connectivity index (χ0n) is 29.1. The van der Waals surface area contributed by atoms with Gasteiger partial charge < -0.3 is 30.1 Å². The number of amides is 3. The minimum absolute atomic E-state index is 0.00187. The second-order valence-electron chi connectivity index (χ2n) is 13.1. The van der Waals surface area contributed by atoms with Crippen LogP contribution in [0.3, 0.4) is 0 Å². The smallest absolute Gasteiger partial charge is 0.407 e. The molecule has 0 saturated heterocycles. The van der Waals surface area contributed by atoms with Gasteiger partial charge in [0, 0.05) is 18.9 Å². The van der Waals surface area contributed by atoms with Crippen LogP contribution >= 0.6 is 0 Å². The molecule has 1 heterocycles. The molecule has 1 aliphatic carbocycles. The molecule has 0 saturated carbocycles. The molecule has 3 aromatic rings. The fourth-order valence-corrected chi connectivity index (χ4v) is 6.88. The monoisotopic (exact) mass is 693 g/mol. The number of hydrogen-bond acceptors (Lipinski definition) is 7. The number of allylic oxidation sites excluding steroid dienone is 2. The fourth-order valence-electron chi connectivity index (χ4n) is 6.88. The number of carbonyl (C=O) groups is 4. The molecule has 0 aromatic heterocycles. The van der Waals surface area contributed by atoms with Crippen LogP contribution in [0, 0.1) is 5.92 Å². The van der Waals surface area contributed by atoms with Gasteiger partial charge in [-0.05, 0) is 66.0 Å². The van der Waals surface area contributed by atoms with E-state index in [9.17, 15) is 24.3 Å². The lowest BCUT2D eigenvalue weighted by Gasteiger charge is -2.36. The van der Waals surface area contributed by atoms with Crippen LogP contribution in [0.2, 0.25) is 0 Å². The average Bonchev–Trinajstić information content (AvgIpc) is 3.47. The molecule has 10 heteroatoms. The number of carbonyl (C=O) groups excluding carboxylic acids is 4. The first-order valence-corrected chi connectivity index (χ1v) is 17.5. The van der Waals surface area contributed by atoms with E-state index >= 15 is 0 Å². The van der Waals surface area contributed by atoms with Gasteiger partial charge in [0.15, 0.2) is 0 Å². The first kappa shape index (κ1) is 37.0. The molecule has 268 valence electrons. The van der Waals surface area contributed by atoms with Gasteiger partial charge in [-0.3, -0.25) is 9.59 Å². The number of rotatable bonds is 16. The van der Waals surface area contributed by atoms with E-state index in [4.69, 9.17) is 9.47 Å². The SMILES string of the molecule is C=CCC[C@H](NC(=O)OCC1c2ccccc2-c2ccccc21)C(=O)O[C@@H](C)CNC(=O)[C@H](CC=C)CC(=O)N1Cc2ccccc2C[C@H]1CO. The highest BCUT2D eigenvalue weighted by Crippen LogP contribution is 2.44. The Hall–Kier alpha value is -5.22. The maximum absolute atomic E-state index is 13.4. The minimum atomic E-state index is -0.989. The Morgan fingerprint density at radius 3 is 2.24 bits per heavy atom. The first-order chi connectivity index (χ1) is 24.7. The quantitative estimate of drug-likeness (QED) is 0.135. The lowest BCUT2D eigenvalue weighted by molar-refractivity contribution is -0.151. The van der Waals surface area contributed by atoms with E-state index in [-0.39, 0.29) is 62.8 Å². The van der Waals surface area contributed by atoms with Crippen molar-refractivity contribution in [1.29, 1.82) is 0 Å². The van der Waals surface area contributed by atoms with Gasteiger partial charge in [0.2, 0.25) is 11.8 Å². The number of alkyl carbamates (subject to hydrolysis) is 1. The van der Waals surface area contributed by atoms with Crippen molar-refractivity contribution >= 4 is 23.9 Å². The Balaban J connectivity index is 1.12. The predicted molar refractivity (Wildman–Crippen MR) is 194 cm³/mol. The maximum atomic E-state index is 13.4. The van der Waals surface area contributed by atoms with Crippen LogP contribution < -0.4 is 10.6 Å². The van der Waals surface area contributed by atoms with Crippen molar-refractivity contribution in [3.63, 3.8) is 0 Å². The van der Waals surface area contributed by atoms with Crippen LogP contribution in [-0.4, -0.2) is 71.8 Å². The Labute approximate surface area is 299 Å². The van der Waals surface area contributed by atoms with Gasteiger partial charge in [-0.25, -0.2) is 9.59 Å². The maximum Gasteiger partial charge on any atom is 0.407 e. The number of esters is 1. The number of aliphatic hydroxyl groups is 1. The van der Waals surface area contributed by atoms with Crippen molar-refractivity contribution in [2.75, 3.05) is 19.8 Å². The lowest BCUT2D eigenvalue weighted by Crippen LogP contribution is -2.48. The van der Waals surface area contributed by atoms with Crippen molar-refractivity contribution in [3.05, 3.63) is 120 Å². The van der Waals surface area contributed by atoms with Gasteiger partial charge in [0.1, 0.15) is 18.8 Å². The summed E-state index contributed by atoms with van der Waals surface area (Å²) < 4.78 is 11.3. The van der Waals surface area contributed by atoms with Crippen molar-refractivity contribution in [2.45, 2.75) is 69.7 Å². The van der Waals surface area contributed by atoms with E-state index < -0.39 is 30.1 Å². The van der Waals surface area contributed by atoms with Crippen molar-refractivity contribution in [1.82, 2.24) is 15.5 Å². The molecule has 4 atom stereocenters. The summed E-state index contributed by atoms with van der Waals surface area (Å²) in [5.41, 5.74) is 6.51. The van der Waals surface area contributed by atoms with Gasteiger partial charge in [-0.2, -0.15) is 0 Å². The third-order valence-electron chi connectivity index (χ3n) is 9.59. The highest BCUT2D eigenvalue weighted by atomic mass is 16.6. The van der Waals surface area contributed by atoms with Crippen molar-refractivity contribution in [2.24, 2.45) is 5.92 Å².